The Hall–Kier alpha value is -2.60. The number of amides is 1. The topological polar surface area (TPSA) is 91.0 Å². The lowest BCUT2D eigenvalue weighted by Crippen LogP contribution is -2.33. The Bertz CT molecular complexity index is 644. The number of hydrogen-bond donors (Lipinski definition) is 2. The molecule has 0 bridgehead atoms. The highest BCUT2D eigenvalue weighted by Crippen LogP contribution is 2.20. The number of rotatable bonds is 5. The van der Waals surface area contributed by atoms with Gasteiger partial charge in [0.2, 0.25) is 0 Å². The number of benzene rings is 1. The maximum absolute atomic E-state index is 12.5. The van der Waals surface area contributed by atoms with Crippen LogP contribution in [0.15, 0.2) is 41.0 Å². The molecule has 0 unspecified atom stereocenters. The zero-order valence-electron chi connectivity index (χ0n) is 11.4. The third-order valence-corrected chi connectivity index (χ3v) is 3.08. The lowest BCUT2D eigenvalue weighted by Gasteiger charge is -2.21. The van der Waals surface area contributed by atoms with Gasteiger partial charge in [-0.2, -0.15) is 0 Å². The summed E-state index contributed by atoms with van der Waals surface area (Å²) < 4.78 is 5.11. The number of carbonyl (C=O) groups is 2. The molecule has 1 heterocycles. The SMILES string of the molecule is Cc1occc1C(=O)N(CCO)c1ccc(C(=O)O)cc1. The van der Waals surface area contributed by atoms with Crippen molar-refractivity contribution in [3.05, 3.63) is 53.5 Å². The van der Waals surface area contributed by atoms with Gasteiger partial charge in [0, 0.05) is 12.2 Å². The summed E-state index contributed by atoms with van der Waals surface area (Å²) in [5.41, 5.74) is 1.06. The van der Waals surface area contributed by atoms with E-state index >= 15 is 0 Å². The number of aliphatic hydroxyl groups excluding tert-OH is 1. The largest absolute Gasteiger partial charge is 0.478 e. The molecule has 1 aromatic heterocycles. The monoisotopic (exact) mass is 289 g/mol. The van der Waals surface area contributed by atoms with Gasteiger partial charge < -0.3 is 19.5 Å². The predicted molar refractivity (Wildman–Crippen MR) is 75.6 cm³/mol. The van der Waals surface area contributed by atoms with Gasteiger partial charge in [0.15, 0.2) is 0 Å². The molecule has 0 atom stereocenters. The minimum Gasteiger partial charge on any atom is -0.478 e. The van der Waals surface area contributed by atoms with Crippen LogP contribution in [-0.4, -0.2) is 35.2 Å². The number of carbonyl (C=O) groups excluding carboxylic acids is 1. The van der Waals surface area contributed by atoms with Crippen LogP contribution < -0.4 is 4.90 Å². The Morgan fingerprint density at radius 3 is 2.33 bits per heavy atom. The van der Waals surface area contributed by atoms with Crippen molar-refractivity contribution in [3.8, 4) is 0 Å². The molecule has 0 aliphatic rings. The second-order valence-electron chi connectivity index (χ2n) is 4.42. The normalized spacial score (nSPS) is 10.4. The summed E-state index contributed by atoms with van der Waals surface area (Å²) in [6.45, 7) is 1.58. The fourth-order valence-corrected chi connectivity index (χ4v) is 1.98. The van der Waals surface area contributed by atoms with E-state index in [1.165, 1.54) is 35.4 Å². The van der Waals surface area contributed by atoms with E-state index in [0.717, 1.165) is 0 Å². The smallest absolute Gasteiger partial charge is 0.335 e. The number of aromatic carboxylic acids is 1. The minimum atomic E-state index is -1.03. The van der Waals surface area contributed by atoms with Crippen molar-refractivity contribution in [3.63, 3.8) is 0 Å². The highest BCUT2D eigenvalue weighted by molar-refractivity contribution is 6.06. The van der Waals surface area contributed by atoms with Crippen molar-refractivity contribution in [2.75, 3.05) is 18.1 Å². The molecule has 0 radical (unpaired) electrons. The first kappa shape index (κ1) is 14.8. The molecule has 6 nitrogen and oxygen atoms in total. The van der Waals surface area contributed by atoms with Crippen LogP contribution in [-0.2, 0) is 0 Å². The number of hydrogen-bond acceptors (Lipinski definition) is 4. The molecule has 6 heteroatoms. The van der Waals surface area contributed by atoms with E-state index in [1.807, 2.05) is 0 Å². The van der Waals surface area contributed by atoms with Gasteiger partial charge >= 0.3 is 5.97 Å². The summed E-state index contributed by atoms with van der Waals surface area (Å²) in [6.07, 6.45) is 1.42. The molecular formula is C15H15NO5. The number of aliphatic hydroxyl groups is 1. The lowest BCUT2D eigenvalue weighted by molar-refractivity contribution is 0.0696. The first-order chi connectivity index (χ1) is 10.0. The van der Waals surface area contributed by atoms with Gasteiger partial charge in [-0.25, -0.2) is 4.79 Å². The Kier molecular flexibility index (Phi) is 4.39. The van der Waals surface area contributed by atoms with Crippen LogP contribution in [0.1, 0.15) is 26.5 Å². The van der Waals surface area contributed by atoms with Crippen LogP contribution in [0.2, 0.25) is 0 Å². The van der Waals surface area contributed by atoms with Gasteiger partial charge in [0.05, 0.1) is 24.0 Å². The highest BCUT2D eigenvalue weighted by atomic mass is 16.4. The Labute approximate surface area is 121 Å². The molecular weight excluding hydrogens is 274 g/mol. The fourth-order valence-electron chi connectivity index (χ4n) is 1.98. The Morgan fingerprint density at radius 1 is 1.19 bits per heavy atom. The van der Waals surface area contributed by atoms with Crippen molar-refractivity contribution in [1.82, 2.24) is 0 Å². The maximum Gasteiger partial charge on any atom is 0.335 e. The van der Waals surface area contributed by atoms with Crippen molar-refractivity contribution in [2.45, 2.75) is 6.92 Å². The molecule has 0 fully saturated rings. The van der Waals surface area contributed by atoms with Crippen LogP contribution in [0.25, 0.3) is 0 Å². The van der Waals surface area contributed by atoms with E-state index in [2.05, 4.69) is 0 Å². The number of nitrogens with zero attached hydrogens (tertiary/aromatic N) is 1. The third-order valence-electron chi connectivity index (χ3n) is 3.08. The quantitative estimate of drug-likeness (QED) is 0.877. The molecule has 0 aliphatic carbocycles. The molecule has 0 saturated carbocycles. The van der Waals surface area contributed by atoms with E-state index in [9.17, 15) is 9.59 Å². The number of carboxylic acid groups (broad SMARTS) is 1. The van der Waals surface area contributed by atoms with E-state index in [-0.39, 0.29) is 24.6 Å². The summed E-state index contributed by atoms with van der Waals surface area (Å²) in [7, 11) is 0. The second kappa shape index (κ2) is 6.23. The summed E-state index contributed by atoms with van der Waals surface area (Å²) in [6, 6.07) is 7.46. The van der Waals surface area contributed by atoms with Gasteiger partial charge in [0.1, 0.15) is 5.76 Å². The Morgan fingerprint density at radius 2 is 1.86 bits per heavy atom. The molecule has 110 valence electrons. The molecule has 0 saturated heterocycles. The lowest BCUT2D eigenvalue weighted by atomic mass is 10.1. The van der Waals surface area contributed by atoms with Crippen molar-refractivity contribution in [2.24, 2.45) is 0 Å². The molecule has 0 aliphatic heterocycles. The number of carboxylic acids is 1. The number of anilines is 1. The molecule has 1 aromatic carbocycles. The first-order valence-electron chi connectivity index (χ1n) is 6.34. The summed E-state index contributed by atoms with van der Waals surface area (Å²) in [5, 5.41) is 18.0. The third kappa shape index (κ3) is 3.11. The molecule has 2 aromatic rings. The van der Waals surface area contributed by atoms with E-state index in [4.69, 9.17) is 14.6 Å². The summed E-state index contributed by atoms with van der Waals surface area (Å²) in [4.78, 5) is 24.7. The van der Waals surface area contributed by atoms with Gasteiger partial charge in [-0.05, 0) is 37.3 Å². The van der Waals surface area contributed by atoms with Crippen LogP contribution in [0.4, 0.5) is 5.69 Å². The molecule has 2 N–H and O–H groups in total. The van der Waals surface area contributed by atoms with Gasteiger partial charge in [0.25, 0.3) is 5.91 Å². The van der Waals surface area contributed by atoms with Crippen molar-refractivity contribution < 1.29 is 24.2 Å². The maximum atomic E-state index is 12.5. The highest BCUT2D eigenvalue weighted by Gasteiger charge is 2.20. The average molecular weight is 289 g/mol. The number of aryl methyl sites for hydroxylation is 1. The van der Waals surface area contributed by atoms with Gasteiger partial charge in [-0.3, -0.25) is 4.79 Å². The molecule has 1 amide bonds. The van der Waals surface area contributed by atoms with Crippen molar-refractivity contribution >= 4 is 17.6 Å². The molecule has 2 rings (SSSR count). The fraction of sp³-hybridized carbons (Fsp3) is 0.200. The summed E-state index contributed by atoms with van der Waals surface area (Å²) in [5.74, 6) is -0.851. The van der Waals surface area contributed by atoms with Crippen molar-refractivity contribution in [1.29, 1.82) is 0 Å². The predicted octanol–water partition coefficient (Wildman–Crippen LogP) is 1.93. The van der Waals surface area contributed by atoms with Crippen LogP contribution >= 0.6 is 0 Å². The van der Waals surface area contributed by atoms with E-state index in [0.29, 0.717) is 17.0 Å². The van der Waals surface area contributed by atoms with Crippen LogP contribution in [0.5, 0.6) is 0 Å². The van der Waals surface area contributed by atoms with Crippen LogP contribution in [0, 0.1) is 6.92 Å². The number of furan rings is 1. The van der Waals surface area contributed by atoms with E-state index in [1.54, 1.807) is 13.0 Å². The Balaban J connectivity index is 2.32. The second-order valence-corrected chi connectivity index (χ2v) is 4.42. The standard InChI is InChI=1S/C15H15NO5/c1-10-13(6-9-21-10)14(18)16(7-8-17)12-4-2-11(3-5-12)15(19)20/h2-6,9,17H,7-8H2,1H3,(H,19,20). The molecule has 21 heavy (non-hydrogen) atoms. The van der Waals surface area contributed by atoms with E-state index < -0.39 is 5.97 Å². The zero-order valence-corrected chi connectivity index (χ0v) is 11.4. The zero-order chi connectivity index (χ0) is 15.4. The van der Waals surface area contributed by atoms with Gasteiger partial charge in [-0.1, -0.05) is 0 Å². The van der Waals surface area contributed by atoms with Crippen LogP contribution in [0.3, 0.4) is 0 Å². The summed E-state index contributed by atoms with van der Waals surface area (Å²) >= 11 is 0. The van der Waals surface area contributed by atoms with Gasteiger partial charge in [-0.15, -0.1) is 0 Å². The first-order valence-corrected chi connectivity index (χ1v) is 6.34. The minimum absolute atomic E-state index is 0.107. The average Bonchev–Trinajstić information content (AvgIpc) is 2.90. The molecule has 0 spiro atoms.